The third kappa shape index (κ3) is 1.58. The van der Waals surface area contributed by atoms with Gasteiger partial charge in [-0.25, -0.2) is 4.99 Å². The van der Waals surface area contributed by atoms with Crippen LogP contribution in [0.25, 0.3) is 0 Å². The second-order valence-electron chi connectivity index (χ2n) is 3.42. The van der Waals surface area contributed by atoms with Crippen molar-refractivity contribution >= 4 is 29.0 Å². The Labute approximate surface area is 99.1 Å². The van der Waals surface area contributed by atoms with Gasteiger partial charge in [-0.05, 0) is 18.3 Å². The van der Waals surface area contributed by atoms with Crippen LogP contribution in [0.2, 0.25) is 0 Å². The predicted molar refractivity (Wildman–Crippen MR) is 66.8 cm³/mol. The highest BCUT2D eigenvalue weighted by atomic mass is 32.1. The molecule has 16 heavy (non-hydrogen) atoms. The van der Waals surface area contributed by atoms with Gasteiger partial charge in [0.25, 0.3) is 5.91 Å². The lowest BCUT2D eigenvalue weighted by Crippen LogP contribution is -2.28. The second-order valence-corrected chi connectivity index (χ2v) is 3.60. The lowest BCUT2D eigenvalue weighted by Gasteiger charge is -2.14. The number of hydrogen-bond acceptors (Lipinski definition) is 3. The lowest BCUT2D eigenvalue weighted by molar-refractivity contribution is -0.119. The number of isothiocyanates is 1. The summed E-state index contributed by atoms with van der Waals surface area (Å²) in [4.78, 5) is 17.6. The van der Waals surface area contributed by atoms with Gasteiger partial charge in [-0.2, -0.15) is 0 Å². The predicted octanol–water partition coefficient (Wildman–Crippen LogP) is 2.36. The smallest absolute Gasteiger partial charge is 0.257 e. The number of anilines is 1. The van der Waals surface area contributed by atoms with Crippen molar-refractivity contribution in [2.24, 2.45) is 4.99 Å². The van der Waals surface area contributed by atoms with Gasteiger partial charge in [-0.1, -0.05) is 24.3 Å². The van der Waals surface area contributed by atoms with E-state index in [1.807, 2.05) is 24.3 Å². The van der Waals surface area contributed by atoms with Gasteiger partial charge in [0.15, 0.2) is 6.04 Å². The lowest BCUT2D eigenvalue weighted by atomic mass is 10.1. The first-order valence-electron chi connectivity index (χ1n) is 4.87. The van der Waals surface area contributed by atoms with Crippen molar-refractivity contribution in [3.05, 3.63) is 42.5 Å². The number of hydrogen-bond donors (Lipinski definition) is 0. The molecular formula is C12H10N2OS. The minimum absolute atomic E-state index is 0.0709. The van der Waals surface area contributed by atoms with Crippen LogP contribution in [0.15, 0.2) is 41.9 Å². The van der Waals surface area contributed by atoms with Crippen molar-refractivity contribution in [3.8, 4) is 0 Å². The van der Waals surface area contributed by atoms with Gasteiger partial charge in [0.1, 0.15) is 0 Å². The molecule has 0 saturated heterocycles. The molecule has 3 nitrogen and oxygen atoms in total. The van der Waals surface area contributed by atoms with Gasteiger partial charge in [0.2, 0.25) is 0 Å². The fourth-order valence-electron chi connectivity index (χ4n) is 1.86. The molecule has 0 aliphatic carbocycles. The van der Waals surface area contributed by atoms with E-state index in [0.29, 0.717) is 6.54 Å². The van der Waals surface area contributed by atoms with Gasteiger partial charge in [-0.3, -0.25) is 4.79 Å². The van der Waals surface area contributed by atoms with Crippen LogP contribution < -0.4 is 4.90 Å². The van der Waals surface area contributed by atoms with Crippen molar-refractivity contribution < 1.29 is 4.79 Å². The summed E-state index contributed by atoms with van der Waals surface area (Å²) >= 11 is 4.57. The molecule has 0 N–H and O–H groups in total. The summed E-state index contributed by atoms with van der Waals surface area (Å²) in [6.45, 7) is 4.13. The minimum atomic E-state index is -0.534. The third-order valence-electron chi connectivity index (χ3n) is 2.52. The zero-order chi connectivity index (χ0) is 11.5. The van der Waals surface area contributed by atoms with Gasteiger partial charge < -0.3 is 4.90 Å². The van der Waals surface area contributed by atoms with E-state index in [-0.39, 0.29) is 5.91 Å². The molecule has 4 heteroatoms. The van der Waals surface area contributed by atoms with Crippen LogP contribution in [0, 0.1) is 0 Å². The molecule has 1 heterocycles. The van der Waals surface area contributed by atoms with Crippen LogP contribution in [-0.4, -0.2) is 17.6 Å². The molecule has 1 amide bonds. The van der Waals surface area contributed by atoms with E-state index in [1.165, 1.54) is 0 Å². The number of fused-ring (bicyclic) bond motifs is 1. The Hall–Kier alpha value is -1.77. The Bertz CT molecular complexity index is 492. The van der Waals surface area contributed by atoms with E-state index in [2.05, 4.69) is 29.0 Å². The van der Waals surface area contributed by atoms with Crippen LogP contribution in [0.5, 0.6) is 0 Å². The quantitative estimate of drug-likeness (QED) is 0.453. The zero-order valence-electron chi connectivity index (χ0n) is 8.59. The SMILES string of the molecule is C=CCN1C(=O)C(N=C=S)c2ccccc21. The molecule has 2 rings (SSSR count). The fourth-order valence-corrected chi connectivity index (χ4v) is 1.96. The van der Waals surface area contributed by atoms with Crippen molar-refractivity contribution in [2.75, 3.05) is 11.4 Å². The first-order chi connectivity index (χ1) is 7.79. The molecule has 1 aliphatic rings. The first-order valence-corrected chi connectivity index (χ1v) is 5.28. The molecule has 80 valence electrons. The van der Waals surface area contributed by atoms with Crippen LogP contribution >= 0.6 is 12.2 Å². The molecule has 0 fully saturated rings. The molecule has 0 spiro atoms. The van der Waals surface area contributed by atoms with Crippen LogP contribution in [-0.2, 0) is 4.79 Å². The molecule has 1 aliphatic heterocycles. The number of nitrogens with zero attached hydrogens (tertiary/aromatic N) is 2. The van der Waals surface area contributed by atoms with E-state index < -0.39 is 6.04 Å². The Morgan fingerprint density at radius 2 is 2.31 bits per heavy atom. The van der Waals surface area contributed by atoms with Crippen molar-refractivity contribution in [1.82, 2.24) is 0 Å². The third-order valence-corrected chi connectivity index (χ3v) is 2.62. The largest absolute Gasteiger partial charge is 0.306 e. The summed E-state index contributed by atoms with van der Waals surface area (Å²) < 4.78 is 0. The van der Waals surface area contributed by atoms with Crippen LogP contribution in [0.4, 0.5) is 5.69 Å². The molecule has 1 aromatic carbocycles. The van der Waals surface area contributed by atoms with E-state index >= 15 is 0 Å². The summed E-state index contributed by atoms with van der Waals surface area (Å²) in [6.07, 6.45) is 1.69. The summed E-state index contributed by atoms with van der Waals surface area (Å²) in [6, 6.07) is 7.03. The molecule has 0 aromatic heterocycles. The molecule has 0 saturated carbocycles. The normalized spacial score (nSPS) is 17.9. The number of thiocarbonyl (C=S) groups is 1. The van der Waals surface area contributed by atoms with Gasteiger partial charge in [0, 0.05) is 17.8 Å². The zero-order valence-corrected chi connectivity index (χ0v) is 9.41. The number of benzene rings is 1. The average molecular weight is 230 g/mol. The Morgan fingerprint density at radius 1 is 1.56 bits per heavy atom. The second kappa shape index (κ2) is 4.39. The molecule has 1 atom stereocenters. The molecule has 0 radical (unpaired) electrons. The highest BCUT2D eigenvalue weighted by Gasteiger charge is 2.35. The Kier molecular flexibility index (Phi) is 2.95. The molecule has 1 aromatic rings. The maximum atomic E-state index is 12.0. The topological polar surface area (TPSA) is 32.7 Å². The Balaban J connectivity index is 2.51. The molecular weight excluding hydrogens is 220 g/mol. The maximum Gasteiger partial charge on any atom is 0.257 e. The first kappa shape index (κ1) is 10.7. The fraction of sp³-hybridized carbons (Fsp3) is 0.167. The van der Waals surface area contributed by atoms with Gasteiger partial charge in [-0.15, -0.1) is 6.58 Å². The number of carbonyl (C=O) groups excluding carboxylic acids is 1. The van der Waals surface area contributed by atoms with Crippen molar-refractivity contribution in [2.45, 2.75) is 6.04 Å². The van der Waals surface area contributed by atoms with Gasteiger partial charge >= 0.3 is 0 Å². The number of rotatable bonds is 3. The number of amides is 1. The van der Waals surface area contributed by atoms with E-state index in [9.17, 15) is 4.79 Å². The Morgan fingerprint density at radius 3 is 3.00 bits per heavy atom. The van der Waals surface area contributed by atoms with Crippen molar-refractivity contribution in [1.29, 1.82) is 0 Å². The summed E-state index contributed by atoms with van der Waals surface area (Å²) in [5.74, 6) is -0.0709. The average Bonchev–Trinajstić information content (AvgIpc) is 2.56. The van der Waals surface area contributed by atoms with Crippen LogP contribution in [0.3, 0.4) is 0 Å². The van der Waals surface area contributed by atoms with Crippen molar-refractivity contribution in [3.63, 3.8) is 0 Å². The number of carbonyl (C=O) groups is 1. The van der Waals surface area contributed by atoms with Gasteiger partial charge in [0.05, 0.1) is 5.16 Å². The van der Waals surface area contributed by atoms with E-state index in [4.69, 9.17) is 0 Å². The standard InChI is InChI=1S/C12H10N2OS/c1-2-7-14-10-6-4-3-5-9(10)11(12(14)15)13-8-16/h2-6,11H,1,7H2. The number of aliphatic imine (C=N–C) groups is 1. The monoisotopic (exact) mass is 230 g/mol. The highest BCUT2D eigenvalue weighted by molar-refractivity contribution is 7.78. The molecule has 1 unspecified atom stereocenters. The highest BCUT2D eigenvalue weighted by Crippen LogP contribution is 2.37. The molecule has 0 bridgehead atoms. The maximum absolute atomic E-state index is 12.0. The van der Waals surface area contributed by atoms with Crippen LogP contribution in [0.1, 0.15) is 11.6 Å². The summed E-state index contributed by atoms with van der Waals surface area (Å²) in [5, 5.41) is 2.28. The number of para-hydroxylation sites is 1. The minimum Gasteiger partial charge on any atom is -0.306 e. The van der Waals surface area contributed by atoms with E-state index in [0.717, 1.165) is 11.3 Å². The van der Waals surface area contributed by atoms with E-state index in [1.54, 1.807) is 11.0 Å². The summed E-state index contributed by atoms with van der Waals surface area (Å²) in [5.41, 5.74) is 1.76. The summed E-state index contributed by atoms with van der Waals surface area (Å²) in [7, 11) is 0.